The molecule has 4 nitrogen and oxygen atoms in total. The van der Waals surface area contributed by atoms with E-state index in [0.29, 0.717) is 0 Å². The van der Waals surface area contributed by atoms with Crippen molar-refractivity contribution in [2.45, 2.75) is 5.38 Å². The van der Waals surface area contributed by atoms with E-state index in [1.807, 2.05) is 0 Å². The summed E-state index contributed by atoms with van der Waals surface area (Å²) in [7, 11) is 1.18. The first-order valence-electron chi connectivity index (χ1n) is 4.91. The van der Waals surface area contributed by atoms with Gasteiger partial charge in [-0.05, 0) is 18.2 Å². The van der Waals surface area contributed by atoms with Crippen LogP contribution in [0.5, 0.6) is 0 Å². The molecule has 0 bridgehead atoms. The van der Waals surface area contributed by atoms with E-state index in [9.17, 15) is 14.0 Å². The van der Waals surface area contributed by atoms with E-state index in [1.165, 1.54) is 19.2 Å². The normalized spacial score (nSPS) is 11.8. The van der Waals surface area contributed by atoms with Gasteiger partial charge in [-0.25, -0.2) is 4.39 Å². The van der Waals surface area contributed by atoms with E-state index in [0.717, 1.165) is 6.07 Å². The molecule has 0 aliphatic rings. The molecule has 7 heteroatoms. The Labute approximate surface area is 113 Å². The molecule has 98 valence electrons. The molecule has 0 spiro atoms. The molecule has 1 rings (SSSR count). The van der Waals surface area contributed by atoms with Gasteiger partial charge in [0.15, 0.2) is 0 Å². The molecule has 18 heavy (non-hydrogen) atoms. The Morgan fingerprint density at radius 2 is 2.17 bits per heavy atom. The molecule has 0 heterocycles. The van der Waals surface area contributed by atoms with E-state index < -0.39 is 23.1 Å². The number of esters is 1. The summed E-state index contributed by atoms with van der Waals surface area (Å²) in [4.78, 5) is 22.6. The van der Waals surface area contributed by atoms with Crippen LogP contribution in [0.4, 0.5) is 4.39 Å². The first-order valence-corrected chi connectivity index (χ1v) is 5.72. The summed E-state index contributed by atoms with van der Waals surface area (Å²) in [5, 5.41) is 1.52. The van der Waals surface area contributed by atoms with E-state index in [-0.39, 0.29) is 17.1 Å². The van der Waals surface area contributed by atoms with Crippen LogP contribution in [0, 0.1) is 5.82 Å². The lowest BCUT2D eigenvalue weighted by atomic mass is 10.2. The van der Waals surface area contributed by atoms with Crippen LogP contribution in [-0.2, 0) is 9.53 Å². The lowest BCUT2D eigenvalue weighted by Crippen LogP contribution is -2.34. The Balaban J connectivity index is 2.66. The highest BCUT2D eigenvalue weighted by molar-refractivity contribution is 6.31. The second-order valence-electron chi connectivity index (χ2n) is 3.32. The average molecular weight is 294 g/mol. The topological polar surface area (TPSA) is 55.4 Å². The molecule has 1 atom stereocenters. The van der Waals surface area contributed by atoms with Gasteiger partial charge in [0.1, 0.15) is 11.2 Å². The van der Waals surface area contributed by atoms with Crippen LogP contribution in [0.15, 0.2) is 18.2 Å². The molecule has 1 amide bonds. The van der Waals surface area contributed by atoms with Gasteiger partial charge in [0.25, 0.3) is 5.91 Å². The predicted molar refractivity (Wildman–Crippen MR) is 65.4 cm³/mol. The monoisotopic (exact) mass is 293 g/mol. The number of carbonyl (C=O) groups excluding carboxylic acids is 2. The maximum Gasteiger partial charge on any atom is 0.325 e. The number of methoxy groups -OCH3 is 1. The van der Waals surface area contributed by atoms with Gasteiger partial charge in [-0.1, -0.05) is 11.6 Å². The SMILES string of the molecule is COC(=O)C(Cl)CNC(=O)c1cc(Cl)ccc1F. The Morgan fingerprint density at radius 3 is 2.78 bits per heavy atom. The fourth-order valence-corrected chi connectivity index (χ4v) is 1.50. The Bertz CT molecular complexity index is 468. The number of halogens is 3. The van der Waals surface area contributed by atoms with Crippen molar-refractivity contribution in [1.82, 2.24) is 5.32 Å². The fraction of sp³-hybridized carbons (Fsp3) is 0.273. The Morgan fingerprint density at radius 1 is 1.50 bits per heavy atom. The summed E-state index contributed by atoms with van der Waals surface area (Å²) in [6.45, 7) is -0.168. The van der Waals surface area contributed by atoms with Crippen LogP contribution < -0.4 is 5.32 Å². The summed E-state index contributed by atoms with van der Waals surface area (Å²) in [6, 6.07) is 3.59. The molecule has 1 aromatic rings. The number of hydrogen-bond donors (Lipinski definition) is 1. The molecule has 0 radical (unpaired) electrons. The maximum atomic E-state index is 13.3. The molecule has 1 unspecified atom stereocenters. The zero-order valence-corrected chi connectivity index (χ0v) is 10.9. The van der Waals surface area contributed by atoms with Crippen molar-refractivity contribution in [3.05, 3.63) is 34.6 Å². The molecular weight excluding hydrogens is 284 g/mol. The zero-order chi connectivity index (χ0) is 13.7. The molecule has 0 aromatic heterocycles. The minimum absolute atomic E-state index is 0.168. The van der Waals surface area contributed by atoms with Gasteiger partial charge in [0.2, 0.25) is 0 Å². The summed E-state index contributed by atoms with van der Waals surface area (Å²) in [6.07, 6.45) is 0. The summed E-state index contributed by atoms with van der Waals surface area (Å²) in [5.41, 5.74) is -0.212. The second kappa shape index (κ2) is 6.56. The van der Waals surface area contributed by atoms with Crippen molar-refractivity contribution in [3.63, 3.8) is 0 Å². The Kier molecular flexibility index (Phi) is 5.37. The highest BCUT2D eigenvalue weighted by Crippen LogP contribution is 2.14. The quantitative estimate of drug-likeness (QED) is 0.682. The van der Waals surface area contributed by atoms with Gasteiger partial charge in [0.05, 0.1) is 12.7 Å². The van der Waals surface area contributed by atoms with Crippen LogP contribution in [-0.4, -0.2) is 30.9 Å². The first kappa shape index (κ1) is 14.7. The smallest absolute Gasteiger partial charge is 0.325 e. The zero-order valence-electron chi connectivity index (χ0n) is 9.38. The highest BCUT2D eigenvalue weighted by Gasteiger charge is 2.18. The third kappa shape index (κ3) is 3.85. The third-order valence-corrected chi connectivity index (χ3v) is 2.64. The number of alkyl halides is 1. The average Bonchev–Trinajstić information content (AvgIpc) is 2.37. The minimum atomic E-state index is -1.03. The number of ether oxygens (including phenoxy) is 1. The standard InChI is InChI=1S/C11H10Cl2FNO3/c1-18-11(17)8(13)5-15-10(16)7-4-6(12)2-3-9(7)14/h2-4,8H,5H2,1H3,(H,15,16). The van der Waals surface area contributed by atoms with Crippen LogP contribution in [0.2, 0.25) is 5.02 Å². The lowest BCUT2D eigenvalue weighted by molar-refractivity contribution is -0.140. The fourth-order valence-electron chi connectivity index (χ4n) is 1.16. The summed E-state index contributed by atoms with van der Waals surface area (Å²) < 4.78 is 17.7. The summed E-state index contributed by atoms with van der Waals surface area (Å²) >= 11 is 11.3. The van der Waals surface area contributed by atoms with Gasteiger partial charge in [0, 0.05) is 11.6 Å². The van der Waals surface area contributed by atoms with E-state index >= 15 is 0 Å². The van der Waals surface area contributed by atoms with Crippen molar-refractivity contribution >= 4 is 35.1 Å². The molecule has 0 fully saturated rings. The van der Waals surface area contributed by atoms with Crippen LogP contribution >= 0.6 is 23.2 Å². The van der Waals surface area contributed by atoms with Crippen molar-refractivity contribution in [2.24, 2.45) is 0 Å². The summed E-state index contributed by atoms with van der Waals surface area (Å²) in [5.74, 6) is -2.09. The molecule has 0 saturated carbocycles. The molecule has 0 aliphatic carbocycles. The predicted octanol–water partition coefficient (Wildman–Crippen LogP) is 1.99. The van der Waals surface area contributed by atoms with Crippen molar-refractivity contribution in [2.75, 3.05) is 13.7 Å². The number of benzene rings is 1. The first-order chi connectivity index (χ1) is 8.45. The van der Waals surface area contributed by atoms with Gasteiger partial charge in [-0.15, -0.1) is 11.6 Å². The lowest BCUT2D eigenvalue weighted by Gasteiger charge is -2.09. The van der Waals surface area contributed by atoms with E-state index in [2.05, 4.69) is 10.1 Å². The molecule has 0 aliphatic heterocycles. The number of carbonyl (C=O) groups is 2. The van der Waals surface area contributed by atoms with Crippen LogP contribution in [0.3, 0.4) is 0 Å². The number of amides is 1. The number of nitrogens with one attached hydrogen (secondary N) is 1. The van der Waals surface area contributed by atoms with E-state index in [1.54, 1.807) is 0 Å². The van der Waals surface area contributed by atoms with E-state index in [4.69, 9.17) is 23.2 Å². The highest BCUT2D eigenvalue weighted by atomic mass is 35.5. The molecular formula is C11H10Cl2FNO3. The largest absolute Gasteiger partial charge is 0.468 e. The third-order valence-electron chi connectivity index (χ3n) is 2.07. The maximum absolute atomic E-state index is 13.3. The molecule has 1 aromatic carbocycles. The van der Waals surface area contributed by atoms with Crippen molar-refractivity contribution in [1.29, 1.82) is 0 Å². The second-order valence-corrected chi connectivity index (χ2v) is 4.29. The van der Waals surface area contributed by atoms with Crippen LogP contribution in [0.25, 0.3) is 0 Å². The van der Waals surface area contributed by atoms with Crippen molar-refractivity contribution in [3.8, 4) is 0 Å². The number of rotatable bonds is 4. The van der Waals surface area contributed by atoms with Gasteiger partial charge in [-0.2, -0.15) is 0 Å². The minimum Gasteiger partial charge on any atom is -0.468 e. The van der Waals surface area contributed by atoms with Crippen molar-refractivity contribution < 1.29 is 18.7 Å². The molecule has 0 saturated heterocycles. The van der Waals surface area contributed by atoms with Gasteiger partial charge in [-0.3, -0.25) is 9.59 Å². The van der Waals surface area contributed by atoms with Gasteiger partial charge >= 0.3 is 5.97 Å². The number of hydrogen-bond acceptors (Lipinski definition) is 3. The van der Waals surface area contributed by atoms with Crippen LogP contribution in [0.1, 0.15) is 10.4 Å². The Hall–Kier alpha value is -1.33. The van der Waals surface area contributed by atoms with Gasteiger partial charge < -0.3 is 10.1 Å². The molecule has 1 N–H and O–H groups in total.